The van der Waals surface area contributed by atoms with Crippen LogP contribution < -0.4 is 5.32 Å². The van der Waals surface area contributed by atoms with Gasteiger partial charge in [0.25, 0.3) is 0 Å². The van der Waals surface area contributed by atoms with E-state index in [1.54, 1.807) is 19.9 Å². The standard InChI is InChI=1S/C11H18N2O2S/c1-10(2,3)7-6-8(13-15-7)12-9(14)11(4,5)16/h6,16H,1-5H3,(H,12,13,14). The van der Waals surface area contributed by atoms with E-state index in [4.69, 9.17) is 4.52 Å². The van der Waals surface area contributed by atoms with E-state index in [1.807, 2.05) is 20.8 Å². The molecular weight excluding hydrogens is 224 g/mol. The molecule has 0 radical (unpaired) electrons. The molecule has 0 bridgehead atoms. The first-order valence-corrected chi connectivity index (χ1v) is 5.56. The Balaban J connectivity index is 2.78. The van der Waals surface area contributed by atoms with Crippen molar-refractivity contribution < 1.29 is 9.32 Å². The van der Waals surface area contributed by atoms with Crippen LogP contribution in [0.5, 0.6) is 0 Å². The molecule has 0 saturated carbocycles. The molecular formula is C11H18N2O2S. The molecule has 16 heavy (non-hydrogen) atoms. The van der Waals surface area contributed by atoms with Gasteiger partial charge in [-0.15, -0.1) is 0 Å². The first-order chi connectivity index (χ1) is 7.10. The van der Waals surface area contributed by atoms with E-state index in [0.717, 1.165) is 5.76 Å². The van der Waals surface area contributed by atoms with Crippen molar-refractivity contribution in [2.45, 2.75) is 44.8 Å². The second kappa shape index (κ2) is 4.13. The van der Waals surface area contributed by atoms with Crippen molar-refractivity contribution in [2.75, 3.05) is 5.32 Å². The second-order valence-electron chi connectivity index (χ2n) is 5.34. The fourth-order valence-corrected chi connectivity index (χ4v) is 1.01. The summed E-state index contributed by atoms with van der Waals surface area (Å²) in [5.74, 6) is 0.960. The van der Waals surface area contributed by atoms with Crippen LogP contribution in [0.1, 0.15) is 40.4 Å². The van der Waals surface area contributed by atoms with E-state index in [-0.39, 0.29) is 11.3 Å². The maximum Gasteiger partial charge on any atom is 0.241 e. The van der Waals surface area contributed by atoms with Gasteiger partial charge in [0, 0.05) is 11.5 Å². The zero-order valence-electron chi connectivity index (χ0n) is 10.3. The minimum atomic E-state index is -0.735. The quantitative estimate of drug-likeness (QED) is 0.784. The van der Waals surface area contributed by atoms with E-state index < -0.39 is 4.75 Å². The normalized spacial score (nSPS) is 12.6. The maximum absolute atomic E-state index is 11.6. The number of nitrogens with one attached hydrogen (secondary N) is 1. The lowest BCUT2D eigenvalue weighted by Gasteiger charge is -2.15. The van der Waals surface area contributed by atoms with Crippen LogP contribution in [0.2, 0.25) is 0 Å². The van der Waals surface area contributed by atoms with Gasteiger partial charge in [0.2, 0.25) is 5.91 Å². The second-order valence-corrected chi connectivity index (χ2v) is 6.46. The van der Waals surface area contributed by atoms with Crippen molar-refractivity contribution in [1.29, 1.82) is 0 Å². The fraction of sp³-hybridized carbons (Fsp3) is 0.636. The number of carbonyl (C=O) groups excluding carboxylic acids is 1. The van der Waals surface area contributed by atoms with Gasteiger partial charge in [-0.1, -0.05) is 25.9 Å². The van der Waals surface area contributed by atoms with Gasteiger partial charge in [-0.25, -0.2) is 0 Å². The lowest BCUT2D eigenvalue weighted by atomic mass is 9.93. The average molecular weight is 242 g/mol. The van der Waals surface area contributed by atoms with E-state index >= 15 is 0 Å². The molecule has 1 amide bonds. The Bertz CT molecular complexity index is 385. The Labute approximate surface area is 101 Å². The van der Waals surface area contributed by atoms with Gasteiger partial charge >= 0.3 is 0 Å². The summed E-state index contributed by atoms with van der Waals surface area (Å²) in [6, 6.07) is 1.73. The summed E-state index contributed by atoms with van der Waals surface area (Å²) < 4.78 is 4.42. The Morgan fingerprint density at radius 1 is 1.38 bits per heavy atom. The molecule has 0 saturated heterocycles. The molecule has 0 spiro atoms. The molecule has 0 unspecified atom stereocenters. The third-order valence-corrected chi connectivity index (χ3v) is 2.25. The molecule has 1 aromatic heterocycles. The number of aromatic nitrogens is 1. The smallest absolute Gasteiger partial charge is 0.241 e. The Kier molecular flexibility index (Phi) is 3.38. The third kappa shape index (κ3) is 3.27. The maximum atomic E-state index is 11.6. The number of carbonyl (C=O) groups is 1. The summed E-state index contributed by atoms with van der Waals surface area (Å²) >= 11 is 4.17. The lowest BCUT2D eigenvalue weighted by molar-refractivity contribution is -0.117. The molecule has 0 aromatic carbocycles. The lowest BCUT2D eigenvalue weighted by Crippen LogP contribution is -2.31. The Morgan fingerprint density at radius 3 is 2.31 bits per heavy atom. The van der Waals surface area contributed by atoms with Gasteiger partial charge in [0.1, 0.15) is 5.76 Å². The van der Waals surface area contributed by atoms with Gasteiger partial charge in [-0.2, -0.15) is 12.6 Å². The fourth-order valence-electron chi connectivity index (χ4n) is 0.957. The van der Waals surface area contributed by atoms with Crippen LogP contribution in [0.4, 0.5) is 5.82 Å². The molecule has 1 aromatic rings. The van der Waals surface area contributed by atoms with E-state index in [1.165, 1.54) is 0 Å². The monoisotopic (exact) mass is 242 g/mol. The molecule has 0 atom stereocenters. The minimum absolute atomic E-state index is 0.119. The van der Waals surface area contributed by atoms with Crippen LogP contribution in [-0.4, -0.2) is 15.8 Å². The van der Waals surface area contributed by atoms with Crippen molar-refractivity contribution >= 4 is 24.4 Å². The van der Waals surface area contributed by atoms with Crippen LogP contribution in [0.25, 0.3) is 0 Å². The number of anilines is 1. The number of nitrogens with zero attached hydrogens (tertiary/aromatic N) is 1. The van der Waals surface area contributed by atoms with Crippen LogP contribution in [0.3, 0.4) is 0 Å². The largest absolute Gasteiger partial charge is 0.359 e. The molecule has 1 heterocycles. The molecule has 0 aliphatic carbocycles. The Hall–Kier alpha value is -0.970. The molecule has 4 nitrogen and oxygen atoms in total. The van der Waals surface area contributed by atoms with Crippen molar-refractivity contribution in [3.05, 3.63) is 11.8 Å². The molecule has 1 rings (SSSR count). The molecule has 0 aliphatic rings. The summed E-state index contributed by atoms with van der Waals surface area (Å²) in [5, 5.41) is 6.45. The van der Waals surface area contributed by atoms with Gasteiger partial charge in [-0.3, -0.25) is 4.79 Å². The van der Waals surface area contributed by atoms with Gasteiger partial charge < -0.3 is 9.84 Å². The number of hydrogen-bond donors (Lipinski definition) is 2. The SMILES string of the molecule is CC(C)(S)C(=O)Nc1cc(C(C)(C)C)on1. The molecule has 0 fully saturated rings. The first kappa shape index (κ1) is 13.1. The van der Waals surface area contributed by atoms with Crippen molar-refractivity contribution in [3.63, 3.8) is 0 Å². The first-order valence-electron chi connectivity index (χ1n) is 5.12. The zero-order chi connectivity index (χ0) is 12.6. The zero-order valence-corrected chi connectivity index (χ0v) is 11.2. The van der Waals surface area contributed by atoms with E-state index in [2.05, 4.69) is 23.1 Å². The average Bonchev–Trinajstić information content (AvgIpc) is 2.49. The highest BCUT2D eigenvalue weighted by atomic mass is 32.1. The summed E-state index contributed by atoms with van der Waals surface area (Å²) in [6.45, 7) is 9.48. The van der Waals surface area contributed by atoms with Crippen molar-refractivity contribution in [1.82, 2.24) is 5.16 Å². The van der Waals surface area contributed by atoms with Crippen LogP contribution in [0.15, 0.2) is 10.6 Å². The molecule has 0 aliphatic heterocycles. The van der Waals surface area contributed by atoms with Crippen LogP contribution >= 0.6 is 12.6 Å². The topological polar surface area (TPSA) is 55.1 Å². The number of amides is 1. The molecule has 5 heteroatoms. The highest BCUT2D eigenvalue weighted by molar-refractivity contribution is 7.82. The predicted octanol–water partition coefficient (Wildman–Crippen LogP) is 2.62. The highest BCUT2D eigenvalue weighted by Gasteiger charge is 2.25. The molecule has 1 N–H and O–H groups in total. The van der Waals surface area contributed by atoms with Crippen molar-refractivity contribution in [3.8, 4) is 0 Å². The number of rotatable bonds is 2. The summed E-state index contributed by atoms with van der Waals surface area (Å²) in [7, 11) is 0. The third-order valence-electron chi connectivity index (χ3n) is 2.05. The van der Waals surface area contributed by atoms with Gasteiger partial charge in [0.05, 0.1) is 4.75 Å². The molecule has 90 valence electrons. The number of hydrogen-bond acceptors (Lipinski definition) is 4. The minimum Gasteiger partial charge on any atom is -0.359 e. The summed E-state index contributed by atoms with van der Waals surface area (Å²) in [4.78, 5) is 11.6. The highest BCUT2D eigenvalue weighted by Crippen LogP contribution is 2.25. The van der Waals surface area contributed by atoms with Gasteiger partial charge in [0.15, 0.2) is 5.82 Å². The summed E-state index contributed by atoms with van der Waals surface area (Å²) in [5.41, 5.74) is -0.119. The van der Waals surface area contributed by atoms with Crippen molar-refractivity contribution in [2.24, 2.45) is 0 Å². The van der Waals surface area contributed by atoms with Crippen LogP contribution in [-0.2, 0) is 10.2 Å². The predicted molar refractivity (Wildman–Crippen MR) is 66.9 cm³/mol. The van der Waals surface area contributed by atoms with Crippen LogP contribution in [0, 0.1) is 0 Å². The van der Waals surface area contributed by atoms with E-state index in [9.17, 15) is 4.79 Å². The number of thiol groups is 1. The summed E-state index contributed by atoms with van der Waals surface area (Å²) in [6.07, 6.45) is 0. The van der Waals surface area contributed by atoms with Gasteiger partial charge in [-0.05, 0) is 13.8 Å². The van der Waals surface area contributed by atoms with E-state index in [0.29, 0.717) is 5.82 Å². The Morgan fingerprint density at radius 2 is 1.94 bits per heavy atom.